The maximum absolute atomic E-state index is 8.92. The van der Waals surface area contributed by atoms with Crippen molar-refractivity contribution in [2.75, 3.05) is 0 Å². The highest BCUT2D eigenvalue weighted by molar-refractivity contribution is 6.58. The highest BCUT2D eigenvalue weighted by Crippen LogP contribution is 1.82. The summed E-state index contributed by atoms with van der Waals surface area (Å²) in [6.07, 6.45) is 0. The second-order valence-electron chi connectivity index (χ2n) is 1.76. The number of benzene rings is 1. The van der Waals surface area contributed by atoms with Gasteiger partial charge in [0.25, 0.3) is 0 Å². The number of hydrogen-bond acceptors (Lipinski definition) is 2. The lowest BCUT2D eigenvalue weighted by atomic mass is 9.81. The van der Waals surface area contributed by atoms with Gasteiger partial charge in [-0.25, -0.2) is 0 Å². The first-order valence-electron chi connectivity index (χ1n) is 3.10. The second kappa shape index (κ2) is 2.66. The molecule has 0 fully saturated rings. The van der Waals surface area contributed by atoms with E-state index >= 15 is 0 Å². The minimum atomic E-state index is -1.12. The highest BCUT2D eigenvalue weighted by atomic mass is 16.4. The average Bonchev–Trinajstić information content (AvgIpc) is 2.05. The van der Waals surface area contributed by atoms with E-state index in [4.69, 9.17) is 6.46 Å². The van der Waals surface area contributed by atoms with Crippen LogP contribution in [0.2, 0.25) is 0 Å². The summed E-state index contributed by atoms with van der Waals surface area (Å²) in [7, 11) is -1.12. The van der Waals surface area contributed by atoms with Crippen LogP contribution in [0.4, 0.5) is 0 Å². The molecular weight excluding hydrogens is 115 g/mol. The van der Waals surface area contributed by atoms with Crippen molar-refractivity contribution in [2.45, 2.75) is 0 Å². The van der Waals surface area contributed by atoms with E-state index in [0.29, 0.717) is 5.46 Å². The van der Waals surface area contributed by atoms with Gasteiger partial charge in [-0.2, -0.15) is 0 Å². The Morgan fingerprint density at radius 2 is 2.00 bits per heavy atom. The molecule has 0 atom stereocenters. The lowest BCUT2D eigenvalue weighted by Gasteiger charge is -1.94. The first-order valence-corrected chi connectivity index (χ1v) is 2.69. The third-order valence-corrected chi connectivity index (χ3v) is 1.08. The average molecular weight is 123 g/mol. The largest absolute Gasteiger partial charge is 0.488 e. The van der Waals surface area contributed by atoms with Gasteiger partial charge in [-0.15, -0.1) is 0 Å². The van der Waals surface area contributed by atoms with Gasteiger partial charge in [0.15, 0.2) is 1.43 Å². The Balaban J connectivity index is 2.75. The molecule has 0 saturated heterocycles. The van der Waals surface area contributed by atoms with Crippen LogP contribution in [0.3, 0.4) is 0 Å². The zero-order chi connectivity index (χ0) is 7.40. The molecule has 9 heavy (non-hydrogen) atoms. The van der Waals surface area contributed by atoms with Crippen LogP contribution in [0, 0.1) is 0 Å². The van der Waals surface area contributed by atoms with Gasteiger partial charge in [-0.3, -0.25) is 0 Å². The fourth-order valence-electron chi connectivity index (χ4n) is 0.618. The number of rotatable bonds is 2. The van der Waals surface area contributed by atoms with Crippen molar-refractivity contribution < 1.29 is 10.1 Å². The quantitative estimate of drug-likeness (QED) is 0.513. The van der Waals surface area contributed by atoms with E-state index in [2.05, 4.69) is 5.03 Å². The Morgan fingerprint density at radius 3 is 2.56 bits per heavy atom. The first kappa shape index (κ1) is 5.03. The van der Waals surface area contributed by atoms with Crippen molar-refractivity contribution in [1.82, 2.24) is 0 Å². The van der Waals surface area contributed by atoms with Crippen molar-refractivity contribution in [3.8, 4) is 0 Å². The molecule has 0 saturated carbocycles. The molecular formula is C6H7BO2. The van der Waals surface area contributed by atoms with Crippen LogP contribution in [-0.4, -0.2) is 18.6 Å². The second-order valence-corrected chi connectivity index (χ2v) is 1.76. The molecule has 1 rings (SSSR count). The maximum Gasteiger partial charge on any atom is 0.488 e. The van der Waals surface area contributed by atoms with Gasteiger partial charge >= 0.3 is 7.12 Å². The molecule has 0 bridgehead atoms. The zero-order valence-electron chi connectivity index (χ0n) is 5.82. The molecule has 0 amide bonds. The Labute approximate surface area is 55.4 Å². The van der Waals surface area contributed by atoms with Crippen LogP contribution >= 0.6 is 0 Å². The molecule has 2 nitrogen and oxygen atoms in total. The summed E-state index contributed by atoms with van der Waals surface area (Å²) in [4.78, 5) is 0. The Morgan fingerprint density at radius 1 is 1.33 bits per heavy atom. The smallest absolute Gasteiger partial charge is 0.423 e. The van der Waals surface area contributed by atoms with Crippen LogP contribution in [0.1, 0.15) is 0 Å². The van der Waals surface area contributed by atoms with Crippen molar-refractivity contribution in [3.63, 3.8) is 0 Å². The fraction of sp³-hybridized carbons (Fsp3) is 0. The van der Waals surface area contributed by atoms with Crippen molar-refractivity contribution in [1.29, 1.82) is 1.43 Å². The molecule has 2 N–H and O–H groups in total. The van der Waals surface area contributed by atoms with E-state index in [1.807, 2.05) is 6.07 Å². The monoisotopic (exact) mass is 123 g/mol. The molecule has 1 aromatic rings. The standard InChI is InChI=1S/C6H7BO2/c8-7(9)6-4-2-1-3-5-6/h1-5,8-9H/i8D. The summed E-state index contributed by atoms with van der Waals surface area (Å²) in [5.74, 6) is 0. The minimum absolute atomic E-state index is 0.595. The van der Waals surface area contributed by atoms with Crippen molar-refractivity contribution in [2.24, 2.45) is 0 Å². The SMILES string of the molecule is [2H]OB(O)c1ccccc1. The van der Waals surface area contributed by atoms with Gasteiger partial charge in [0, 0.05) is 0 Å². The summed E-state index contributed by atoms with van der Waals surface area (Å²) in [5, 5.41) is 12.9. The molecule has 1 aromatic carbocycles. The van der Waals surface area contributed by atoms with Crippen LogP contribution < -0.4 is 5.46 Å². The van der Waals surface area contributed by atoms with Gasteiger partial charge in [0.1, 0.15) is 0 Å². The molecule has 0 aromatic heterocycles. The molecule has 0 spiro atoms. The zero-order valence-corrected chi connectivity index (χ0v) is 4.82. The molecule has 0 aliphatic heterocycles. The number of hydrogen-bond donors (Lipinski definition) is 2. The Bertz CT molecular complexity index is 192. The van der Waals surface area contributed by atoms with E-state index in [9.17, 15) is 0 Å². The molecule has 3 heteroatoms. The molecule has 46 valence electrons. The molecule has 0 aliphatic carbocycles. The Hall–Kier alpha value is -0.795. The van der Waals surface area contributed by atoms with Crippen LogP contribution in [0.25, 0.3) is 0 Å². The van der Waals surface area contributed by atoms with Gasteiger partial charge < -0.3 is 10.1 Å². The molecule has 0 aliphatic rings. The maximum atomic E-state index is 8.92. The predicted octanol–water partition coefficient (Wildman–Crippen LogP) is -0.634. The minimum Gasteiger partial charge on any atom is -0.423 e. The van der Waals surface area contributed by atoms with E-state index in [1.54, 1.807) is 24.3 Å². The van der Waals surface area contributed by atoms with Crippen molar-refractivity contribution >= 4 is 12.6 Å². The van der Waals surface area contributed by atoms with Gasteiger partial charge in [0.05, 0.1) is 0 Å². The van der Waals surface area contributed by atoms with Crippen LogP contribution in [0.15, 0.2) is 30.3 Å². The van der Waals surface area contributed by atoms with E-state index in [0.717, 1.165) is 0 Å². The van der Waals surface area contributed by atoms with Gasteiger partial charge in [0.2, 0.25) is 0 Å². The highest BCUT2D eigenvalue weighted by Gasteiger charge is 2.07. The van der Waals surface area contributed by atoms with Crippen LogP contribution in [0.5, 0.6) is 0 Å². The lowest BCUT2D eigenvalue weighted by molar-refractivity contribution is 0.426. The third-order valence-electron chi connectivity index (χ3n) is 1.08. The Kier molecular flexibility index (Phi) is 1.49. The molecule has 0 radical (unpaired) electrons. The van der Waals surface area contributed by atoms with Crippen LogP contribution in [-0.2, 0) is 0 Å². The third kappa shape index (κ3) is 1.55. The summed E-state index contributed by atoms with van der Waals surface area (Å²) in [5.41, 5.74) is 0.595. The summed E-state index contributed by atoms with van der Waals surface area (Å²) < 4.78 is 6.40. The first-order chi connectivity index (χ1) is 4.84. The predicted molar refractivity (Wildman–Crippen MR) is 36.3 cm³/mol. The van der Waals surface area contributed by atoms with Crippen molar-refractivity contribution in [3.05, 3.63) is 30.3 Å². The fourth-order valence-corrected chi connectivity index (χ4v) is 0.618. The molecule has 0 heterocycles. The van der Waals surface area contributed by atoms with E-state index in [1.165, 1.54) is 0 Å². The van der Waals surface area contributed by atoms with Gasteiger partial charge in [-0.05, 0) is 5.46 Å². The van der Waals surface area contributed by atoms with E-state index < -0.39 is 7.12 Å². The summed E-state index contributed by atoms with van der Waals surface area (Å²) in [6, 6.07) is 8.77. The normalized spacial score (nSPS) is 10.6. The molecule has 0 unspecified atom stereocenters. The lowest BCUT2D eigenvalue weighted by Crippen LogP contribution is -2.29. The topological polar surface area (TPSA) is 40.5 Å². The summed E-state index contributed by atoms with van der Waals surface area (Å²) >= 11 is 0. The van der Waals surface area contributed by atoms with E-state index in [-0.39, 0.29) is 0 Å². The van der Waals surface area contributed by atoms with Gasteiger partial charge in [-0.1, -0.05) is 30.3 Å². The summed E-state index contributed by atoms with van der Waals surface area (Å²) in [6.45, 7) is 0.